The molecule has 0 aromatic heterocycles. The van der Waals surface area contributed by atoms with Crippen molar-refractivity contribution in [1.29, 1.82) is 0 Å². The van der Waals surface area contributed by atoms with E-state index in [-0.39, 0.29) is 24.4 Å². The van der Waals surface area contributed by atoms with Gasteiger partial charge < -0.3 is 15.4 Å². The van der Waals surface area contributed by atoms with E-state index in [9.17, 15) is 14.4 Å². The lowest BCUT2D eigenvalue weighted by atomic mass is 9.82. The Balaban J connectivity index is 1.44. The molecule has 1 aromatic carbocycles. The maximum atomic E-state index is 12.8. The van der Waals surface area contributed by atoms with Gasteiger partial charge in [-0.2, -0.15) is 0 Å². The van der Waals surface area contributed by atoms with E-state index in [0.29, 0.717) is 25.9 Å². The van der Waals surface area contributed by atoms with Gasteiger partial charge in [-0.1, -0.05) is 35.2 Å². The monoisotopic (exact) mass is 435 g/mol. The van der Waals surface area contributed by atoms with E-state index < -0.39 is 11.6 Å². The zero-order chi connectivity index (χ0) is 19.0. The van der Waals surface area contributed by atoms with Crippen molar-refractivity contribution < 1.29 is 19.1 Å². The summed E-state index contributed by atoms with van der Waals surface area (Å²) in [7, 11) is 0. The van der Waals surface area contributed by atoms with Gasteiger partial charge in [-0.15, -0.1) is 0 Å². The fraction of sp³-hybridized carbons (Fsp3) is 0.526. The average molecular weight is 436 g/mol. The molecule has 2 fully saturated rings. The topological polar surface area (TPSA) is 87.7 Å². The van der Waals surface area contributed by atoms with Crippen molar-refractivity contribution in [2.24, 2.45) is 0 Å². The SMILES string of the molecule is O=C(CN1C(=O)NC2(CCCCC2)C1=O)NC1CCOc2ccc(Br)cc21. The van der Waals surface area contributed by atoms with Crippen LogP contribution in [0.3, 0.4) is 0 Å². The summed E-state index contributed by atoms with van der Waals surface area (Å²) in [5, 5.41) is 5.78. The van der Waals surface area contributed by atoms with Crippen LogP contribution in [0.5, 0.6) is 5.75 Å². The highest BCUT2D eigenvalue weighted by Crippen LogP contribution is 2.35. The number of ether oxygens (including phenoxy) is 1. The summed E-state index contributed by atoms with van der Waals surface area (Å²) < 4.78 is 6.53. The number of hydrogen-bond acceptors (Lipinski definition) is 4. The molecule has 27 heavy (non-hydrogen) atoms. The molecule has 8 heteroatoms. The first-order chi connectivity index (χ1) is 13.0. The van der Waals surface area contributed by atoms with Crippen LogP contribution in [0.2, 0.25) is 0 Å². The molecule has 1 unspecified atom stereocenters. The Morgan fingerprint density at radius 3 is 2.85 bits per heavy atom. The molecule has 2 aliphatic heterocycles. The summed E-state index contributed by atoms with van der Waals surface area (Å²) in [4.78, 5) is 38.8. The van der Waals surface area contributed by atoms with E-state index >= 15 is 0 Å². The highest BCUT2D eigenvalue weighted by atomic mass is 79.9. The summed E-state index contributed by atoms with van der Waals surface area (Å²) in [5.41, 5.74) is 0.0936. The Kier molecular flexibility index (Phi) is 4.84. The smallest absolute Gasteiger partial charge is 0.325 e. The average Bonchev–Trinajstić information content (AvgIpc) is 2.87. The van der Waals surface area contributed by atoms with Crippen LogP contribution in [0.25, 0.3) is 0 Å². The second kappa shape index (κ2) is 7.14. The molecule has 2 N–H and O–H groups in total. The zero-order valence-corrected chi connectivity index (χ0v) is 16.5. The first-order valence-corrected chi connectivity index (χ1v) is 10.1. The molecule has 0 bridgehead atoms. The molecular formula is C19H22BrN3O4. The van der Waals surface area contributed by atoms with E-state index in [1.807, 2.05) is 18.2 Å². The lowest BCUT2D eigenvalue weighted by molar-refractivity contribution is -0.136. The van der Waals surface area contributed by atoms with Crippen LogP contribution in [-0.4, -0.2) is 41.4 Å². The van der Waals surface area contributed by atoms with Crippen molar-refractivity contribution in [3.63, 3.8) is 0 Å². The molecule has 4 rings (SSSR count). The van der Waals surface area contributed by atoms with Gasteiger partial charge in [-0.25, -0.2) is 4.79 Å². The fourth-order valence-electron chi connectivity index (χ4n) is 4.21. The van der Waals surface area contributed by atoms with Gasteiger partial charge in [0.15, 0.2) is 0 Å². The van der Waals surface area contributed by atoms with E-state index in [0.717, 1.165) is 39.9 Å². The molecule has 4 amide bonds. The summed E-state index contributed by atoms with van der Waals surface area (Å²) in [6, 6.07) is 5.00. The van der Waals surface area contributed by atoms with Crippen LogP contribution in [-0.2, 0) is 9.59 Å². The molecule has 1 aromatic rings. The van der Waals surface area contributed by atoms with Gasteiger partial charge in [0.25, 0.3) is 5.91 Å². The van der Waals surface area contributed by atoms with Crippen LogP contribution in [0.1, 0.15) is 50.1 Å². The van der Waals surface area contributed by atoms with E-state index in [4.69, 9.17) is 4.74 Å². The maximum absolute atomic E-state index is 12.8. The third-order valence-electron chi connectivity index (χ3n) is 5.60. The summed E-state index contributed by atoms with van der Waals surface area (Å²) in [5.74, 6) is 0.132. The third-order valence-corrected chi connectivity index (χ3v) is 6.09. The third kappa shape index (κ3) is 3.42. The Labute approximate surface area is 165 Å². The van der Waals surface area contributed by atoms with Crippen molar-refractivity contribution in [2.75, 3.05) is 13.2 Å². The summed E-state index contributed by atoms with van der Waals surface area (Å²) in [6.07, 6.45) is 4.84. The van der Waals surface area contributed by atoms with Gasteiger partial charge in [0.05, 0.1) is 12.6 Å². The fourth-order valence-corrected chi connectivity index (χ4v) is 4.59. The van der Waals surface area contributed by atoms with Crippen molar-refractivity contribution in [3.8, 4) is 5.75 Å². The number of hydrogen-bond donors (Lipinski definition) is 2. The van der Waals surface area contributed by atoms with Gasteiger partial charge >= 0.3 is 6.03 Å². The summed E-state index contributed by atoms with van der Waals surface area (Å²) >= 11 is 3.44. The van der Waals surface area contributed by atoms with Crippen molar-refractivity contribution in [1.82, 2.24) is 15.5 Å². The minimum atomic E-state index is -0.800. The molecule has 1 saturated carbocycles. The molecule has 1 atom stereocenters. The van der Waals surface area contributed by atoms with E-state index in [1.165, 1.54) is 0 Å². The number of rotatable bonds is 3. The molecule has 0 radical (unpaired) electrons. The lowest BCUT2D eigenvalue weighted by Gasteiger charge is -2.30. The Morgan fingerprint density at radius 1 is 1.30 bits per heavy atom. The molecule has 1 aliphatic carbocycles. The highest BCUT2D eigenvalue weighted by molar-refractivity contribution is 9.10. The zero-order valence-electron chi connectivity index (χ0n) is 14.9. The number of amides is 4. The molecule has 2 heterocycles. The minimum Gasteiger partial charge on any atom is -0.493 e. The number of imide groups is 1. The van der Waals surface area contributed by atoms with Crippen LogP contribution >= 0.6 is 15.9 Å². The Morgan fingerprint density at radius 2 is 2.07 bits per heavy atom. The minimum absolute atomic E-state index is 0.205. The predicted molar refractivity (Wildman–Crippen MR) is 101 cm³/mol. The number of carbonyl (C=O) groups is 3. The van der Waals surface area contributed by atoms with Crippen molar-refractivity contribution in [3.05, 3.63) is 28.2 Å². The largest absolute Gasteiger partial charge is 0.493 e. The van der Waals surface area contributed by atoms with Gasteiger partial charge in [0.1, 0.15) is 17.8 Å². The number of benzene rings is 1. The maximum Gasteiger partial charge on any atom is 0.325 e. The van der Waals surface area contributed by atoms with Gasteiger partial charge in [-0.3, -0.25) is 14.5 Å². The number of nitrogens with one attached hydrogen (secondary N) is 2. The Hall–Kier alpha value is -2.09. The molecule has 144 valence electrons. The second-order valence-corrected chi connectivity index (χ2v) is 8.32. The van der Waals surface area contributed by atoms with Crippen LogP contribution in [0.15, 0.2) is 22.7 Å². The van der Waals surface area contributed by atoms with Gasteiger partial charge in [0, 0.05) is 16.5 Å². The van der Waals surface area contributed by atoms with Crippen molar-refractivity contribution in [2.45, 2.75) is 50.1 Å². The number of halogens is 1. The van der Waals surface area contributed by atoms with Crippen LogP contribution in [0.4, 0.5) is 4.79 Å². The predicted octanol–water partition coefficient (Wildman–Crippen LogP) is 2.64. The van der Waals surface area contributed by atoms with Gasteiger partial charge in [-0.05, 0) is 31.0 Å². The molecule has 7 nitrogen and oxygen atoms in total. The standard InChI is InChI=1S/C19H22BrN3O4/c20-12-4-5-15-13(10-12)14(6-9-27-15)21-16(24)11-23-17(25)19(22-18(23)26)7-2-1-3-8-19/h4-5,10,14H,1-3,6-9,11H2,(H,21,24)(H,22,26). The Bertz CT molecular complexity index is 791. The number of fused-ring (bicyclic) bond motifs is 1. The highest BCUT2D eigenvalue weighted by Gasteiger charge is 2.51. The summed E-state index contributed by atoms with van der Waals surface area (Å²) in [6.45, 7) is 0.249. The number of urea groups is 1. The normalized spacial score (nSPS) is 23.6. The van der Waals surface area contributed by atoms with Crippen LogP contribution < -0.4 is 15.4 Å². The number of carbonyl (C=O) groups excluding carboxylic acids is 3. The lowest BCUT2D eigenvalue weighted by Crippen LogP contribution is -2.49. The molecule has 1 spiro atoms. The van der Waals surface area contributed by atoms with Crippen molar-refractivity contribution >= 4 is 33.8 Å². The molecule has 3 aliphatic rings. The number of nitrogens with zero attached hydrogens (tertiary/aromatic N) is 1. The first-order valence-electron chi connectivity index (χ1n) is 9.34. The first kappa shape index (κ1) is 18.3. The second-order valence-electron chi connectivity index (χ2n) is 7.40. The van der Waals surface area contributed by atoms with Gasteiger partial charge in [0.2, 0.25) is 5.91 Å². The quantitative estimate of drug-likeness (QED) is 0.714. The van der Waals surface area contributed by atoms with E-state index in [2.05, 4.69) is 26.6 Å². The molecular weight excluding hydrogens is 414 g/mol. The molecule has 1 saturated heterocycles. The van der Waals surface area contributed by atoms with Crippen LogP contribution in [0, 0.1) is 0 Å². The van der Waals surface area contributed by atoms with E-state index in [1.54, 1.807) is 0 Å².